The zero-order valence-electron chi connectivity index (χ0n) is 12.6. The van der Waals surface area contributed by atoms with Crippen molar-refractivity contribution in [3.05, 3.63) is 23.8 Å². The van der Waals surface area contributed by atoms with E-state index in [-0.39, 0.29) is 5.60 Å². The van der Waals surface area contributed by atoms with E-state index < -0.39 is 0 Å². The van der Waals surface area contributed by atoms with Gasteiger partial charge in [0.2, 0.25) is 0 Å². The molecule has 0 bridgehead atoms. The second-order valence-corrected chi connectivity index (χ2v) is 6.10. The lowest BCUT2D eigenvalue weighted by Gasteiger charge is -2.41. The largest absolute Gasteiger partial charge is 0.497 e. The van der Waals surface area contributed by atoms with Crippen LogP contribution in [0.25, 0.3) is 0 Å². The predicted octanol–water partition coefficient (Wildman–Crippen LogP) is 3.54. The van der Waals surface area contributed by atoms with E-state index in [0.717, 1.165) is 24.3 Å². The van der Waals surface area contributed by atoms with Crippen molar-refractivity contribution in [1.82, 2.24) is 5.32 Å². The highest BCUT2D eigenvalue weighted by Crippen LogP contribution is 2.43. The Bertz CT molecular complexity index is 444. The summed E-state index contributed by atoms with van der Waals surface area (Å²) < 4.78 is 11.6. The molecule has 0 saturated carbocycles. The Balaban J connectivity index is 2.34. The van der Waals surface area contributed by atoms with Gasteiger partial charge in [0.15, 0.2) is 0 Å². The molecule has 19 heavy (non-hydrogen) atoms. The molecule has 0 fully saturated rings. The molecule has 2 rings (SSSR count). The van der Waals surface area contributed by atoms with Crippen molar-refractivity contribution in [1.29, 1.82) is 0 Å². The highest BCUT2D eigenvalue weighted by atomic mass is 16.5. The lowest BCUT2D eigenvalue weighted by molar-refractivity contribution is 0.0295. The Kier molecular flexibility index (Phi) is 4.04. The van der Waals surface area contributed by atoms with Gasteiger partial charge in [-0.25, -0.2) is 0 Å². The van der Waals surface area contributed by atoms with Gasteiger partial charge in [-0.05, 0) is 32.4 Å². The van der Waals surface area contributed by atoms with Gasteiger partial charge < -0.3 is 14.8 Å². The molecule has 0 spiro atoms. The summed E-state index contributed by atoms with van der Waals surface area (Å²) in [4.78, 5) is 0. The molecule has 3 nitrogen and oxygen atoms in total. The van der Waals surface area contributed by atoms with Gasteiger partial charge in [0, 0.05) is 24.1 Å². The van der Waals surface area contributed by atoms with Crippen LogP contribution < -0.4 is 14.8 Å². The summed E-state index contributed by atoms with van der Waals surface area (Å²) in [5.74, 6) is 2.42. The first-order chi connectivity index (χ1) is 8.97. The van der Waals surface area contributed by atoms with Crippen molar-refractivity contribution < 1.29 is 9.47 Å². The van der Waals surface area contributed by atoms with Crippen molar-refractivity contribution in [3.8, 4) is 11.5 Å². The minimum Gasteiger partial charge on any atom is -0.497 e. The Morgan fingerprint density at radius 1 is 1.47 bits per heavy atom. The predicted molar refractivity (Wildman–Crippen MR) is 77.9 cm³/mol. The van der Waals surface area contributed by atoms with E-state index in [1.165, 1.54) is 5.56 Å². The monoisotopic (exact) mass is 263 g/mol. The van der Waals surface area contributed by atoms with Gasteiger partial charge >= 0.3 is 0 Å². The number of nitrogens with one attached hydrogen (secondary N) is 1. The van der Waals surface area contributed by atoms with E-state index in [4.69, 9.17) is 9.47 Å². The van der Waals surface area contributed by atoms with Crippen molar-refractivity contribution in [2.24, 2.45) is 5.92 Å². The highest BCUT2D eigenvalue weighted by molar-refractivity contribution is 5.44. The SMILES string of the molecule is CNC1CC(C)(CC(C)C)Oc2cc(OC)ccc21. The number of methoxy groups -OCH3 is 1. The highest BCUT2D eigenvalue weighted by Gasteiger charge is 2.37. The third-order valence-corrected chi connectivity index (χ3v) is 3.78. The van der Waals surface area contributed by atoms with Crippen molar-refractivity contribution in [2.75, 3.05) is 14.2 Å². The van der Waals surface area contributed by atoms with E-state index >= 15 is 0 Å². The van der Waals surface area contributed by atoms with Gasteiger partial charge in [0.25, 0.3) is 0 Å². The van der Waals surface area contributed by atoms with E-state index in [0.29, 0.717) is 12.0 Å². The average Bonchev–Trinajstić information content (AvgIpc) is 2.35. The molecule has 0 aromatic heterocycles. The van der Waals surface area contributed by atoms with E-state index in [1.54, 1.807) is 7.11 Å². The Morgan fingerprint density at radius 2 is 2.21 bits per heavy atom. The number of ether oxygens (including phenoxy) is 2. The maximum atomic E-state index is 6.28. The first-order valence-electron chi connectivity index (χ1n) is 7.01. The Morgan fingerprint density at radius 3 is 2.79 bits per heavy atom. The number of hydrogen-bond donors (Lipinski definition) is 1. The molecule has 0 saturated heterocycles. The summed E-state index contributed by atoms with van der Waals surface area (Å²) in [5, 5.41) is 3.41. The van der Waals surface area contributed by atoms with Crippen molar-refractivity contribution in [2.45, 2.75) is 45.3 Å². The molecule has 1 aromatic carbocycles. The zero-order valence-corrected chi connectivity index (χ0v) is 12.6. The summed E-state index contributed by atoms with van der Waals surface area (Å²) in [7, 11) is 3.70. The molecule has 1 aliphatic heterocycles. The molecule has 2 unspecified atom stereocenters. The fourth-order valence-corrected chi connectivity index (χ4v) is 3.11. The third kappa shape index (κ3) is 3.03. The molecule has 3 heteroatoms. The maximum Gasteiger partial charge on any atom is 0.128 e. The smallest absolute Gasteiger partial charge is 0.128 e. The Hall–Kier alpha value is -1.22. The lowest BCUT2D eigenvalue weighted by atomic mass is 9.83. The van der Waals surface area contributed by atoms with Crippen LogP contribution in [0.2, 0.25) is 0 Å². The minimum atomic E-state index is -0.110. The maximum absolute atomic E-state index is 6.28. The zero-order chi connectivity index (χ0) is 14.0. The summed E-state index contributed by atoms with van der Waals surface area (Å²) >= 11 is 0. The van der Waals surface area contributed by atoms with Gasteiger partial charge in [0.05, 0.1) is 7.11 Å². The van der Waals surface area contributed by atoms with Crippen LogP contribution in [0.3, 0.4) is 0 Å². The van der Waals surface area contributed by atoms with Crippen molar-refractivity contribution in [3.63, 3.8) is 0 Å². The van der Waals surface area contributed by atoms with E-state index in [1.807, 2.05) is 19.2 Å². The topological polar surface area (TPSA) is 30.5 Å². The summed E-state index contributed by atoms with van der Waals surface area (Å²) in [6.45, 7) is 6.69. The van der Waals surface area contributed by atoms with E-state index in [2.05, 4.69) is 32.2 Å². The number of rotatable bonds is 4. The van der Waals surface area contributed by atoms with E-state index in [9.17, 15) is 0 Å². The van der Waals surface area contributed by atoms with Crippen LogP contribution in [0.15, 0.2) is 18.2 Å². The second kappa shape index (κ2) is 5.41. The first-order valence-corrected chi connectivity index (χ1v) is 7.01. The molecular formula is C16H25NO2. The third-order valence-electron chi connectivity index (χ3n) is 3.78. The van der Waals surface area contributed by atoms with Crippen LogP contribution in [0, 0.1) is 5.92 Å². The number of fused-ring (bicyclic) bond motifs is 1. The minimum absolute atomic E-state index is 0.110. The lowest BCUT2D eigenvalue weighted by Crippen LogP contribution is -2.42. The van der Waals surface area contributed by atoms with Gasteiger partial charge in [0.1, 0.15) is 17.1 Å². The van der Waals surface area contributed by atoms with Crippen LogP contribution in [0.1, 0.15) is 45.2 Å². The fourth-order valence-electron chi connectivity index (χ4n) is 3.11. The molecule has 0 radical (unpaired) electrons. The molecule has 106 valence electrons. The molecule has 1 N–H and O–H groups in total. The molecule has 0 aliphatic carbocycles. The Labute approximate surface area is 116 Å². The van der Waals surface area contributed by atoms with Crippen LogP contribution in [-0.4, -0.2) is 19.8 Å². The molecular weight excluding hydrogens is 238 g/mol. The summed E-state index contributed by atoms with van der Waals surface area (Å²) in [5.41, 5.74) is 1.12. The van der Waals surface area contributed by atoms with Crippen LogP contribution in [0.5, 0.6) is 11.5 Å². The molecule has 1 aliphatic rings. The quantitative estimate of drug-likeness (QED) is 0.901. The molecule has 1 heterocycles. The van der Waals surface area contributed by atoms with Gasteiger partial charge in [-0.2, -0.15) is 0 Å². The second-order valence-electron chi connectivity index (χ2n) is 6.10. The van der Waals surface area contributed by atoms with Crippen LogP contribution >= 0.6 is 0 Å². The first kappa shape index (κ1) is 14.2. The van der Waals surface area contributed by atoms with Gasteiger partial charge in [-0.1, -0.05) is 19.9 Å². The standard InChI is InChI=1S/C16H25NO2/c1-11(2)9-16(3)10-14(17-4)13-7-6-12(18-5)8-15(13)19-16/h6-8,11,14,17H,9-10H2,1-5H3. The molecule has 2 atom stereocenters. The normalized spacial score (nSPS) is 25.9. The number of benzene rings is 1. The molecule has 0 amide bonds. The van der Waals surface area contributed by atoms with Gasteiger partial charge in [-0.3, -0.25) is 0 Å². The summed E-state index contributed by atoms with van der Waals surface area (Å²) in [6.07, 6.45) is 2.06. The summed E-state index contributed by atoms with van der Waals surface area (Å²) in [6, 6.07) is 6.44. The fraction of sp³-hybridized carbons (Fsp3) is 0.625. The van der Waals surface area contributed by atoms with Gasteiger partial charge in [-0.15, -0.1) is 0 Å². The number of hydrogen-bond acceptors (Lipinski definition) is 3. The average molecular weight is 263 g/mol. The molecule has 1 aromatic rings. The van der Waals surface area contributed by atoms with Crippen LogP contribution in [-0.2, 0) is 0 Å². The van der Waals surface area contributed by atoms with Crippen LogP contribution in [0.4, 0.5) is 0 Å². The van der Waals surface area contributed by atoms with Crippen molar-refractivity contribution >= 4 is 0 Å².